The number of rotatable bonds is 5. The molecule has 27 heavy (non-hydrogen) atoms. The highest BCUT2D eigenvalue weighted by atomic mass is 79.9. The first-order valence-electron chi connectivity index (χ1n) is 7.10. The zero-order valence-corrected chi connectivity index (χ0v) is 17.6. The SMILES string of the molecule is COC(Cl)c1ccc(S(=O)(=O)Nc2cc(Cl)c(C)nc2Br)cc1C(F)(F)F. The van der Waals surface area contributed by atoms with Crippen molar-refractivity contribution in [3.05, 3.63) is 50.7 Å². The Morgan fingerprint density at radius 1 is 1.30 bits per heavy atom. The van der Waals surface area contributed by atoms with Gasteiger partial charge in [0.2, 0.25) is 0 Å². The first kappa shape index (κ1) is 22.2. The largest absolute Gasteiger partial charge is 0.416 e. The predicted molar refractivity (Wildman–Crippen MR) is 99.5 cm³/mol. The summed E-state index contributed by atoms with van der Waals surface area (Å²) in [5, 5.41) is 0.187. The van der Waals surface area contributed by atoms with Crippen molar-refractivity contribution in [2.45, 2.75) is 23.6 Å². The van der Waals surface area contributed by atoms with E-state index in [1.165, 1.54) is 6.07 Å². The van der Waals surface area contributed by atoms with E-state index in [-0.39, 0.29) is 15.3 Å². The standard InChI is InChI=1S/C15H12BrCl2F3N2O3S/c1-7-11(17)6-12(13(16)22-7)23-27(24,25)8-3-4-9(14(18)26-2)10(5-8)15(19,20)21/h3-6,14,23H,1-2H3. The van der Waals surface area contributed by atoms with Crippen molar-refractivity contribution in [2.24, 2.45) is 0 Å². The third-order valence-corrected chi connectivity index (χ3v) is 6.20. The number of pyridine rings is 1. The summed E-state index contributed by atoms with van der Waals surface area (Å²) in [5.41, 5.74) is -2.57. The van der Waals surface area contributed by atoms with E-state index < -0.39 is 37.8 Å². The highest BCUT2D eigenvalue weighted by Crippen LogP contribution is 2.38. The molecule has 1 atom stereocenters. The van der Waals surface area contributed by atoms with Crippen LogP contribution in [0.4, 0.5) is 18.9 Å². The molecule has 0 fully saturated rings. The van der Waals surface area contributed by atoms with Crippen molar-refractivity contribution < 1.29 is 26.3 Å². The lowest BCUT2D eigenvalue weighted by molar-refractivity contribution is -0.139. The normalized spacial score (nSPS) is 13.5. The Morgan fingerprint density at radius 2 is 1.93 bits per heavy atom. The Kier molecular flexibility index (Phi) is 6.68. The monoisotopic (exact) mass is 506 g/mol. The maximum absolute atomic E-state index is 13.3. The summed E-state index contributed by atoms with van der Waals surface area (Å²) in [6.45, 7) is 1.61. The van der Waals surface area contributed by atoms with E-state index in [0.29, 0.717) is 11.8 Å². The van der Waals surface area contributed by atoms with Gasteiger partial charge in [-0.05, 0) is 41.1 Å². The number of aromatic nitrogens is 1. The molecule has 0 bridgehead atoms. The number of halogens is 6. The fourth-order valence-corrected chi connectivity index (χ4v) is 4.14. The Bertz CT molecular complexity index is 972. The van der Waals surface area contributed by atoms with Crippen LogP contribution in [0.2, 0.25) is 5.02 Å². The Morgan fingerprint density at radius 3 is 2.48 bits per heavy atom. The molecule has 0 amide bonds. The molecule has 0 aliphatic rings. The fourth-order valence-electron chi connectivity index (χ4n) is 2.10. The number of methoxy groups -OCH3 is 1. The molecule has 1 N–H and O–H groups in total. The number of anilines is 1. The average Bonchev–Trinajstić information content (AvgIpc) is 2.57. The molecule has 0 saturated carbocycles. The topological polar surface area (TPSA) is 68.3 Å². The summed E-state index contributed by atoms with van der Waals surface area (Å²) < 4.78 is 72.1. The number of alkyl halides is 4. The number of nitrogens with one attached hydrogen (secondary N) is 1. The third-order valence-electron chi connectivity index (χ3n) is 3.44. The number of benzene rings is 1. The minimum absolute atomic E-state index is 0.0182. The van der Waals surface area contributed by atoms with Crippen molar-refractivity contribution in [2.75, 3.05) is 11.8 Å². The number of hydrogen-bond donors (Lipinski definition) is 1. The summed E-state index contributed by atoms with van der Waals surface area (Å²) in [6, 6.07) is 3.74. The molecule has 0 aliphatic heterocycles. The van der Waals surface area contributed by atoms with Gasteiger partial charge in [-0.1, -0.05) is 29.3 Å². The highest BCUT2D eigenvalue weighted by molar-refractivity contribution is 9.10. The van der Waals surface area contributed by atoms with Gasteiger partial charge in [-0.15, -0.1) is 0 Å². The van der Waals surface area contributed by atoms with Crippen LogP contribution in [0.1, 0.15) is 22.4 Å². The van der Waals surface area contributed by atoms with Crippen molar-refractivity contribution >= 4 is 54.8 Å². The maximum atomic E-state index is 13.3. The van der Waals surface area contributed by atoms with E-state index in [4.69, 9.17) is 27.9 Å². The van der Waals surface area contributed by atoms with Crippen molar-refractivity contribution in [3.8, 4) is 0 Å². The van der Waals surface area contributed by atoms with Crippen LogP contribution < -0.4 is 4.72 Å². The molecule has 2 aromatic rings. The van der Waals surface area contributed by atoms with Crippen LogP contribution in [-0.4, -0.2) is 20.5 Å². The second-order valence-electron chi connectivity index (χ2n) is 5.30. The highest BCUT2D eigenvalue weighted by Gasteiger charge is 2.36. The summed E-state index contributed by atoms with van der Waals surface area (Å²) in [6.07, 6.45) is -4.83. The molecule has 148 valence electrons. The molecule has 12 heteroatoms. The lowest BCUT2D eigenvalue weighted by Crippen LogP contribution is -2.17. The zero-order valence-electron chi connectivity index (χ0n) is 13.7. The van der Waals surface area contributed by atoms with E-state index in [1.807, 2.05) is 0 Å². The predicted octanol–water partition coefficient (Wildman–Crippen LogP) is 5.51. The van der Waals surface area contributed by atoms with Crippen LogP contribution in [0.15, 0.2) is 33.8 Å². The molecule has 0 aliphatic carbocycles. The smallest absolute Gasteiger partial charge is 0.361 e. The molecule has 2 rings (SSSR count). The van der Waals surface area contributed by atoms with Gasteiger partial charge in [-0.25, -0.2) is 13.4 Å². The first-order valence-corrected chi connectivity index (χ1v) is 10.2. The average molecular weight is 508 g/mol. The van der Waals surface area contributed by atoms with Crippen LogP contribution in [0.5, 0.6) is 0 Å². The minimum atomic E-state index is -4.83. The van der Waals surface area contributed by atoms with Crippen molar-refractivity contribution in [3.63, 3.8) is 0 Å². The molecule has 0 saturated heterocycles. The number of nitrogens with zero attached hydrogens (tertiary/aromatic N) is 1. The van der Waals surface area contributed by atoms with Gasteiger partial charge in [0.25, 0.3) is 10.0 Å². The van der Waals surface area contributed by atoms with E-state index in [2.05, 4.69) is 25.6 Å². The molecule has 1 unspecified atom stereocenters. The van der Waals surface area contributed by atoms with Gasteiger partial charge in [0.05, 0.1) is 26.9 Å². The van der Waals surface area contributed by atoms with Crippen molar-refractivity contribution in [1.29, 1.82) is 0 Å². The summed E-state index contributed by atoms with van der Waals surface area (Å²) in [7, 11) is -3.23. The van der Waals surface area contributed by atoms with Crippen LogP contribution in [0.25, 0.3) is 0 Å². The number of hydrogen-bond acceptors (Lipinski definition) is 4. The van der Waals surface area contributed by atoms with E-state index >= 15 is 0 Å². The zero-order chi connectivity index (χ0) is 20.6. The summed E-state index contributed by atoms with van der Waals surface area (Å²) in [5.74, 6) is 0. The Hall–Kier alpha value is -1.07. The fraction of sp³-hybridized carbons (Fsp3) is 0.267. The summed E-state index contributed by atoms with van der Waals surface area (Å²) >= 11 is 14.7. The molecule has 5 nitrogen and oxygen atoms in total. The van der Waals surface area contributed by atoms with Gasteiger partial charge in [-0.2, -0.15) is 13.2 Å². The lowest BCUT2D eigenvalue weighted by atomic mass is 10.1. The van der Waals surface area contributed by atoms with Gasteiger partial charge in [0.1, 0.15) is 4.60 Å². The lowest BCUT2D eigenvalue weighted by Gasteiger charge is -2.18. The number of ether oxygens (including phenoxy) is 1. The van der Waals surface area contributed by atoms with E-state index in [0.717, 1.165) is 19.2 Å². The number of sulfonamides is 1. The molecular weight excluding hydrogens is 496 g/mol. The quantitative estimate of drug-likeness (QED) is 0.428. The van der Waals surface area contributed by atoms with Gasteiger partial charge in [0.15, 0.2) is 5.56 Å². The molecule has 1 aromatic heterocycles. The Balaban J connectivity index is 2.52. The van der Waals surface area contributed by atoms with Gasteiger partial charge in [0, 0.05) is 12.7 Å². The van der Waals surface area contributed by atoms with Gasteiger partial charge < -0.3 is 4.74 Å². The first-order chi connectivity index (χ1) is 12.4. The third kappa shape index (κ3) is 5.05. The Labute approximate surface area is 172 Å². The van der Waals surface area contributed by atoms with Crippen LogP contribution in [-0.2, 0) is 20.9 Å². The molecule has 1 aromatic carbocycles. The second-order valence-corrected chi connectivity index (χ2v) is 8.54. The molecule has 1 heterocycles. The molecule has 0 radical (unpaired) electrons. The number of aryl methyl sites for hydroxylation is 1. The molecule has 0 spiro atoms. The van der Waals surface area contributed by atoms with Crippen LogP contribution in [0, 0.1) is 6.92 Å². The van der Waals surface area contributed by atoms with Gasteiger partial charge in [-0.3, -0.25) is 4.72 Å². The maximum Gasteiger partial charge on any atom is 0.416 e. The minimum Gasteiger partial charge on any atom is -0.361 e. The van der Waals surface area contributed by atoms with Crippen LogP contribution in [0.3, 0.4) is 0 Å². The summed E-state index contributed by atoms with van der Waals surface area (Å²) in [4.78, 5) is 3.39. The van der Waals surface area contributed by atoms with E-state index in [1.54, 1.807) is 6.92 Å². The van der Waals surface area contributed by atoms with Gasteiger partial charge >= 0.3 is 6.18 Å². The molecular formula is C15H12BrCl2F3N2O3S. The van der Waals surface area contributed by atoms with E-state index in [9.17, 15) is 21.6 Å². The second kappa shape index (κ2) is 8.12. The van der Waals surface area contributed by atoms with Crippen molar-refractivity contribution in [1.82, 2.24) is 4.98 Å². The van der Waals surface area contributed by atoms with Crippen LogP contribution >= 0.6 is 39.1 Å².